The van der Waals surface area contributed by atoms with Crippen LogP contribution in [0.4, 0.5) is 8.78 Å². The van der Waals surface area contributed by atoms with Gasteiger partial charge in [0, 0.05) is 13.1 Å². The molecule has 116 valence electrons. The number of nitrogens with one attached hydrogen (secondary N) is 1. The minimum absolute atomic E-state index is 0.0390. The largest absolute Gasteiger partial charge is 0.351 e. The first-order chi connectivity index (χ1) is 9.97. The van der Waals surface area contributed by atoms with Crippen molar-refractivity contribution < 1.29 is 13.6 Å². The third-order valence-electron chi connectivity index (χ3n) is 3.84. The van der Waals surface area contributed by atoms with E-state index in [1.807, 2.05) is 0 Å². The number of hydrogen-bond donors (Lipinski definition) is 1. The maximum absolute atomic E-state index is 13.1. The summed E-state index contributed by atoms with van der Waals surface area (Å²) >= 11 is 5.76. The monoisotopic (exact) mass is 316 g/mol. The van der Waals surface area contributed by atoms with E-state index in [0.717, 1.165) is 37.7 Å². The van der Waals surface area contributed by atoms with Gasteiger partial charge in [0.15, 0.2) is 11.6 Å². The van der Waals surface area contributed by atoms with Gasteiger partial charge in [-0.05, 0) is 44.0 Å². The van der Waals surface area contributed by atoms with Crippen LogP contribution in [0, 0.1) is 17.6 Å². The molecule has 6 heteroatoms. The van der Waals surface area contributed by atoms with Crippen molar-refractivity contribution in [1.29, 1.82) is 0 Å². The molecule has 0 saturated carbocycles. The van der Waals surface area contributed by atoms with Gasteiger partial charge in [0.05, 0.1) is 10.6 Å². The molecule has 0 radical (unpaired) electrons. The summed E-state index contributed by atoms with van der Waals surface area (Å²) in [7, 11) is 0. The number of halogens is 3. The maximum atomic E-state index is 13.1. The van der Waals surface area contributed by atoms with E-state index >= 15 is 0 Å². The molecule has 2 rings (SSSR count). The predicted octanol–water partition coefficient (Wildman–Crippen LogP) is 3.08. The third-order valence-corrected chi connectivity index (χ3v) is 4.16. The SMILES string of the molecule is CC1CCN(CCNC(=O)c2cc(F)c(F)cc2Cl)CC1. The summed E-state index contributed by atoms with van der Waals surface area (Å²) in [6.45, 7) is 5.51. The lowest BCUT2D eigenvalue weighted by Gasteiger charge is -2.30. The molecule has 1 aromatic rings. The maximum Gasteiger partial charge on any atom is 0.252 e. The molecule has 1 aliphatic heterocycles. The standard InChI is InChI=1S/C15H19ClF2N2O/c1-10-2-5-20(6-3-10)7-4-19-15(21)11-8-13(17)14(18)9-12(11)16/h8-10H,2-7H2,1H3,(H,19,21). The second kappa shape index (κ2) is 7.18. The predicted molar refractivity (Wildman–Crippen MR) is 78.5 cm³/mol. The third kappa shape index (κ3) is 4.38. The number of amides is 1. The lowest BCUT2D eigenvalue weighted by molar-refractivity contribution is 0.0944. The van der Waals surface area contributed by atoms with Crippen LogP contribution >= 0.6 is 11.6 Å². The van der Waals surface area contributed by atoms with E-state index in [4.69, 9.17) is 11.6 Å². The highest BCUT2D eigenvalue weighted by atomic mass is 35.5. The van der Waals surface area contributed by atoms with Gasteiger partial charge in [0.1, 0.15) is 0 Å². The molecule has 1 aromatic carbocycles. The van der Waals surface area contributed by atoms with E-state index in [-0.39, 0.29) is 10.6 Å². The number of benzene rings is 1. The van der Waals surface area contributed by atoms with Crippen LogP contribution in [0.25, 0.3) is 0 Å². The summed E-state index contributed by atoms with van der Waals surface area (Å²) < 4.78 is 26.1. The molecule has 0 bridgehead atoms. The van der Waals surface area contributed by atoms with Crippen LogP contribution in [0.5, 0.6) is 0 Å². The molecule has 1 fully saturated rings. The fraction of sp³-hybridized carbons (Fsp3) is 0.533. The van der Waals surface area contributed by atoms with Gasteiger partial charge in [0.2, 0.25) is 0 Å². The normalized spacial score (nSPS) is 17.0. The van der Waals surface area contributed by atoms with Gasteiger partial charge in [-0.3, -0.25) is 4.79 Å². The average molecular weight is 317 g/mol. The summed E-state index contributed by atoms with van der Waals surface area (Å²) in [4.78, 5) is 14.2. The molecule has 1 heterocycles. The summed E-state index contributed by atoms with van der Waals surface area (Å²) in [5, 5.41) is 2.61. The molecule has 0 spiro atoms. The number of piperidine rings is 1. The molecule has 1 amide bonds. The number of hydrogen-bond acceptors (Lipinski definition) is 2. The second-order valence-electron chi connectivity index (χ2n) is 5.53. The van der Waals surface area contributed by atoms with Gasteiger partial charge in [0.25, 0.3) is 5.91 Å². The Balaban J connectivity index is 1.83. The van der Waals surface area contributed by atoms with Gasteiger partial charge in [-0.25, -0.2) is 8.78 Å². The fourth-order valence-corrected chi connectivity index (χ4v) is 2.64. The highest BCUT2D eigenvalue weighted by Gasteiger charge is 2.17. The number of nitrogens with zero attached hydrogens (tertiary/aromatic N) is 1. The van der Waals surface area contributed by atoms with Crippen LogP contribution in [0.2, 0.25) is 5.02 Å². The van der Waals surface area contributed by atoms with Gasteiger partial charge in [-0.15, -0.1) is 0 Å². The smallest absolute Gasteiger partial charge is 0.252 e. The van der Waals surface area contributed by atoms with Crippen LogP contribution in [0.3, 0.4) is 0 Å². The Bertz CT molecular complexity index is 517. The molecule has 1 aliphatic rings. The molecule has 0 aliphatic carbocycles. The average Bonchev–Trinajstić information content (AvgIpc) is 2.45. The summed E-state index contributed by atoms with van der Waals surface area (Å²) in [6, 6.07) is 1.65. The Hall–Kier alpha value is -1.20. The van der Waals surface area contributed by atoms with Gasteiger partial charge in [-0.2, -0.15) is 0 Å². The molecular formula is C15H19ClF2N2O. The van der Waals surface area contributed by atoms with Crippen molar-refractivity contribution >= 4 is 17.5 Å². The molecular weight excluding hydrogens is 298 g/mol. The number of likely N-dealkylation sites (tertiary alicyclic amines) is 1. The van der Waals surface area contributed by atoms with Gasteiger partial charge in [-0.1, -0.05) is 18.5 Å². The van der Waals surface area contributed by atoms with Gasteiger partial charge >= 0.3 is 0 Å². The molecule has 21 heavy (non-hydrogen) atoms. The van der Waals surface area contributed by atoms with E-state index < -0.39 is 17.5 Å². The zero-order chi connectivity index (χ0) is 15.4. The van der Waals surface area contributed by atoms with Crippen molar-refractivity contribution in [3.63, 3.8) is 0 Å². The molecule has 3 nitrogen and oxygen atoms in total. The minimum Gasteiger partial charge on any atom is -0.351 e. The molecule has 1 saturated heterocycles. The first-order valence-electron chi connectivity index (χ1n) is 7.12. The van der Waals surface area contributed by atoms with Crippen molar-refractivity contribution in [2.75, 3.05) is 26.2 Å². The van der Waals surface area contributed by atoms with E-state index in [9.17, 15) is 13.6 Å². The first-order valence-corrected chi connectivity index (χ1v) is 7.50. The minimum atomic E-state index is -1.07. The Kier molecular flexibility index (Phi) is 5.53. The van der Waals surface area contributed by atoms with E-state index in [1.54, 1.807) is 0 Å². The highest BCUT2D eigenvalue weighted by Crippen LogP contribution is 2.20. The topological polar surface area (TPSA) is 32.3 Å². The van der Waals surface area contributed by atoms with Crippen LogP contribution in [0.15, 0.2) is 12.1 Å². The Morgan fingerprint density at radius 3 is 2.62 bits per heavy atom. The van der Waals surface area contributed by atoms with Crippen molar-refractivity contribution in [3.05, 3.63) is 34.4 Å². The molecule has 0 atom stereocenters. The fourth-order valence-electron chi connectivity index (χ4n) is 2.41. The van der Waals surface area contributed by atoms with Crippen LogP contribution in [-0.2, 0) is 0 Å². The van der Waals surface area contributed by atoms with Crippen molar-refractivity contribution in [3.8, 4) is 0 Å². The first kappa shape index (κ1) is 16.2. The highest BCUT2D eigenvalue weighted by molar-refractivity contribution is 6.33. The molecule has 0 aromatic heterocycles. The summed E-state index contributed by atoms with van der Waals surface area (Å²) in [5.41, 5.74) is -0.0390. The zero-order valence-corrected chi connectivity index (χ0v) is 12.7. The van der Waals surface area contributed by atoms with Crippen molar-refractivity contribution in [2.45, 2.75) is 19.8 Å². The van der Waals surface area contributed by atoms with E-state index in [0.29, 0.717) is 6.54 Å². The van der Waals surface area contributed by atoms with Crippen molar-refractivity contribution in [1.82, 2.24) is 10.2 Å². The van der Waals surface area contributed by atoms with E-state index in [2.05, 4.69) is 17.1 Å². The van der Waals surface area contributed by atoms with Gasteiger partial charge < -0.3 is 10.2 Å². The number of carbonyl (C=O) groups excluding carboxylic acids is 1. The Morgan fingerprint density at radius 2 is 1.95 bits per heavy atom. The lowest BCUT2D eigenvalue weighted by atomic mass is 9.99. The quantitative estimate of drug-likeness (QED) is 0.866. The Labute approximate surface area is 128 Å². The van der Waals surface area contributed by atoms with Crippen molar-refractivity contribution in [2.24, 2.45) is 5.92 Å². The Morgan fingerprint density at radius 1 is 1.33 bits per heavy atom. The second-order valence-corrected chi connectivity index (χ2v) is 5.93. The van der Waals surface area contributed by atoms with Crippen LogP contribution in [-0.4, -0.2) is 37.0 Å². The lowest BCUT2D eigenvalue weighted by Crippen LogP contribution is -2.39. The number of carbonyl (C=O) groups is 1. The molecule has 0 unspecified atom stereocenters. The summed E-state index contributed by atoms with van der Waals surface area (Å²) in [5.74, 6) is -1.85. The van der Waals surface area contributed by atoms with Crippen LogP contribution < -0.4 is 5.32 Å². The summed E-state index contributed by atoms with van der Waals surface area (Å²) in [6.07, 6.45) is 2.34. The zero-order valence-electron chi connectivity index (χ0n) is 12.0. The molecule has 1 N–H and O–H groups in total. The number of rotatable bonds is 4. The van der Waals surface area contributed by atoms with E-state index in [1.165, 1.54) is 12.8 Å². The van der Waals surface area contributed by atoms with Crippen LogP contribution in [0.1, 0.15) is 30.1 Å².